The zero-order chi connectivity index (χ0) is 17.5. The van der Waals surface area contributed by atoms with Crippen molar-refractivity contribution in [2.24, 2.45) is 4.99 Å². The number of halogens is 1. The summed E-state index contributed by atoms with van der Waals surface area (Å²) in [5.74, 6) is 2.33. The van der Waals surface area contributed by atoms with Gasteiger partial charge in [-0.25, -0.2) is 4.98 Å². The van der Waals surface area contributed by atoms with Crippen LogP contribution in [-0.2, 0) is 6.42 Å². The van der Waals surface area contributed by atoms with Gasteiger partial charge in [0.1, 0.15) is 0 Å². The Hall–Kier alpha value is -1.55. The minimum absolute atomic E-state index is 0. The molecule has 6 nitrogen and oxygen atoms in total. The topological polar surface area (TPSA) is 67.8 Å². The summed E-state index contributed by atoms with van der Waals surface area (Å²) in [6.07, 6.45) is 3.65. The van der Waals surface area contributed by atoms with Crippen LogP contribution in [0.5, 0.6) is 11.5 Å². The van der Waals surface area contributed by atoms with Gasteiger partial charge in [0.15, 0.2) is 17.5 Å². The molecule has 0 saturated carbocycles. The molecule has 0 spiro atoms. The minimum atomic E-state index is 0. The monoisotopic (exact) mass is 488 g/mol. The molecule has 8 heteroatoms. The van der Waals surface area contributed by atoms with Crippen molar-refractivity contribution in [3.63, 3.8) is 0 Å². The van der Waals surface area contributed by atoms with Gasteiger partial charge in [-0.3, -0.25) is 4.99 Å². The maximum Gasteiger partial charge on any atom is 0.195 e. The van der Waals surface area contributed by atoms with Crippen molar-refractivity contribution in [3.8, 4) is 11.5 Å². The van der Waals surface area contributed by atoms with Crippen LogP contribution in [-0.4, -0.2) is 37.2 Å². The average molecular weight is 488 g/mol. The molecule has 0 atom stereocenters. The van der Waals surface area contributed by atoms with E-state index in [1.54, 1.807) is 11.3 Å². The third-order valence-corrected chi connectivity index (χ3v) is 4.59. The number of anilines is 1. The molecule has 0 fully saturated rings. The SMILES string of the molecule is CCNC(=NCCc1ncc(C)s1)Nc1ccc2c(c1)OCCCO2.I. The standard InChI is InChI=1S/C18H24N4O2S.HI/c1-3-19-18(20-8-7-17-21-12-13(2)25-17)22-14-5-6-15-16(11-14)24-10-4-9-23-15;/h5-6,11-12H,3-4,7-10H2,1-2H3,(H2,19,20,22);1H. The molecular formula is C18H25IN4O2S. The van der Waals surface area contributed by atoms with Crippen LogP contribution in [0.3, 0.4) is 0 Å². The van der Waals surface area contributed by atoms with E-state index in [1.165, 1.54) is 4.88 Å². The van der Waals surface area contributed by atoms with E-state index in [2.05, 4.69) is 34.5 Å². The molecule has 1 aliphatic rings. The van der Waals surface area contributed by atoms with E-state index in [4.69, 9.17) is 9.47 Å². The molecule has 0 unspecified atom stereocenters. The largest absolute Gasteiger partial charge is 0.490 e. The molecule has 0 radical (unpaired) electrons. The van der Waals surface area contributed by atoms with Gasteiger partial charge in [0, 0.05) is 48.8 Å². The van der Waals surface area contributed by atoms with Gasteiger partial charge >= 0.3 is 0 Å². The molecule has 2 N–H and O–H groups in total. The second kappa shape index (κ2) is 10.6. The highest BCUT2D eigenvalue weighted by Gasteiger charge is 2.11. The van der Waals surface area contributed by atoms with Crippen molar-refractivity contribution < 1.29 is 9.47 Å². The maximum absolute atomic E-state index is 5.74. The van der Waals surface area contributed by atoms with E-state index in [9.17, 15) is 0 Å². The molecule has 1 aliphatic heterocycles. The summed E-state index contributed by atoms with van der Waals surface area (Å²) in [7, 11) is 0. The number of fused-ring (bicyclic) bond motifs is 1. The van der Waals surface area contributed by atoms with Gasteiger partial charge < -0.3 is 20.1 Å². The Bertz CT molecular complexity index is 736. The molecule has 1 aromatic carbocycles. The summed E-state index contributed by atoms with van der Waals surface area (Å²) in [4.78, 5) is 10.2. The summed E-state index contributed by atoms with van der Waals surface area (Å²) in [5.41, 5.74) is 0.925. The van der Waals surface area contributed by atoms with E-state index >= 15 is 0 Å². The van der Waals surface area contributed by atoms with E-state index in [1.807, 2.05) is 24.4 Å². The van der Waals surface area contributed by atoms with Crippen molar-refractivity contribution in [2.75, 3.05) is 31.6 Å². The molecule has 0 aliphatic carbocycles. The molecule has 0 saturated heterocycles. The second-order valence-electron chi connectivity index (χ2n) is 5.71. The van der Waals surface area contributed by atoms with Crippen LogP contribution in [0.15, 0.2) is 29.4 Å². The predicted molar refractivity (Wildman–Crippen MR) is 118 cm³/mol. The predicted octanol–water partition coefficient (Wildman–Crippen LogP) is 3.85. The molecule has 142 valence electrons. The molecule has 0 amide bonds. The highest BCUT2D eigenvalue weighted by molar-refractivity contribution is 14.0. The Morgan fingerprint density at radius 3 is 2.81 bits per heavy atom. The summed E-state index contributed by atoms with van der Waals surface area (Å²) in [5, 5.41) is 7.71. The van der Waals surface area contributed by atoms with Crippen LogP contribution in [0.2, 0.25) is 0 Å². The number of rotatable bonds is 5. The molecule has 2 aromatic rings. The fraction of sp³-hybridized carbons (Fsp3) is 0.444. The molecule has 3 rings (SSSR count). The maximum atomic E-state index is 5.74. The number of nitrogens with one attached hydrogen (secondary N) is 2. The Labute approximate surface area is 175 Å². The number of guanidine groups is 1. The van der Waals surface area contributed by atoms with Crippen molar-refractivity contribution in [3.05, 3.63) is 34.3 Å². The summed E-state index contributed by atoms with van der Waals surface area (Å²) in [6.45, 7) is 6.98. The first-order valence-corrected chi connectivity index (χ1v) is 9.42. The Kier molecular flexibility index (Phi) is 8.43. The van der Waals surface area contributed by atoms with E-state index in [-0.39, 0.29) is 24.0 Å². The van der Waals surface area contributed by atoms with Crippen LogP contribution >= 0.6 is 35.3 Å². The number of aromatic nitrogens is 1. The Morgan fingerprint density at radius 1 is 1.27 bits per heavy atom. The van der Waals surface area contributed by atoms with Crippen molar-refractivity contribution >= 4 is 47.0 Å². The van der Waals surface area contributed by atoms with E-state index in [0.29, 0.717) is 19.8 Å². The number of thiazole rings is 1. The first-order chi connectivity index (χ1) is 12.2. The van der Waals surface area contributed by atoms with Gasteiger partial charge in [-0.1, -0.05) is 0 Å². The normalized spacial score (nSPS) is 13.5. The van der Waals surface area contributed by atoms with Gasteiger partial charge in [0.25, 0.3) is 0 Å². The van der Waals surface area contributed by atoms with Crippen LogP contribution in [0.1, 0.15) is 23.2 Å². The van der Waals surface area contributed by atoms with Crippen LogP contribution in [0.4, 0.5) is 5.69 Å². The number of ether oxygens (including phenoxy) is 2. The van der Waals surface area contributed by atoms with Crippen molar-refractivity contribution in [1.29, 1.82) is 0 Å². The van der Waals surface area contributed by atoms with E-state index in [0.717, 1.165) is 47.5 Å². The third kappa shape index (κ3) is 6.01. The lowest BCUT2D eigenvalue weighted by molar-refractivity contribution is 0.297. The zero-order valence-corrected chi connectivity index (χ0v) is 18.2. The fourth-order valence-corrected chi connectivity index (χ4v) is 3.24. The molecule has 0 bridgehead atoms. The molecular weight excluding hydrogens is 463 g/mol. The van der Waals surface area contributed by atoms with Crippen molar-refractivity contribution in [2.45, 2.75) is 26.7 Å². The fourth-order valence-electron chi connectivity index (χ4n) is 2.47. The van der Waals surface area contributed by atoms with Crippen LogP contribution in [0, 0.1) is 6.92 Å². The average Bonchev–Trinajstić information content (AvgIpc) is 2.88. The summed E-state index contributed by atoms with van der Waals surface area (Å²) in [6, 6.07) is 5.87. The highest BCUT2D eigenvalue weighted by atomic mass is 127. The van der Waals surface area contributed by atoms with Gasteiger partial charge in [0.05, 0.1) is 18.2 Å². The summed E-state index contributed by atoms with van der Waals surface area (Å²) < 4.78 is 11.4. The van der Waals surface area contributed by atoms with Gasteiger partial charge in [0.2, 0.25) is 0 Å². The highest BCUT2D eigenvalue weighted by Crippen LogP contribution is 2.32. The Balaban J connectivity index is 0.00000243. The quantitative estimate of drug-likeness (QED) is 0.380. The lowest BCUT2D eigenvalue weighted by Gasteiger charge is -2.13. The third-order valence-electron chi connectivity index (χ3n) is 3.62. The van der Waals surface area contributed by atoms with Gasteiger partial charge in [-0.2, -0.15) is 0 Å². The number of hydrogen-bond donors (Lipinski definition) is 2. The molecule has 2 heterocycles. The number of aliphatic imine (C=N–C) groups is 1. The van der Waals surface area contributed by atoms with Gasteiger partial charge in [-0.05, 0) is 26.0 Å². The van der Waals surface area contributed by atoms with Crippen molar-refractivity contribution in [1.82, 2.24) is 10.3 Å². The number of benzene rings is 1. The lowest BCUT2D eigenvalue weighted by atomic mass is 10.3. The first kappa shape index (κ1) is 20.8. The Morgan fingerprint density at radius 2 is 2.08 bits per heavy atom. The van der Waals surface area contributed by atoms with Gasteiger partial charge in [-0.15, -0.1) is 35.3 Å². The van der Waals surface area contributed by atoms with Crippen LogP contribution in [0.25, 0.3) is 0 Å². The smallest absolute Gasteiger partial charge is 0.195 e. The number of nitrogens with zero attached hydrogens (tertiary/aromatic N) is 2. The van der Waals surface area contributed by atoms with E-state index < -0.39 is 0 Å². The molecule has 26 heavy (non-hydrogen) atoms. The second-order valence-corrected chi connectivity index (χ2v) is 7.03. The number of hydrogen-bond acceptors (Lipinski definition) is 5. The van der Waals surface area contributed by atoms with Crippen LogP contribution < -0.4 is 20.1 Å². The number of aryl methyl sites for hydroxylation is 1. The minimum Gasteiger partial charge on any atom is -0.490 e. The first-order valence-electron chi connectivity index (χ1n) is 8.61. The zero-order valence-electron chi connectivity index (χ0n) is 15.1. The lowest BCUT2D eigenvalue weighted by Crippen LogP contribution is -2.30. The molecule has 1 aromatic heterocycles. The summed E-state index contributed by atoms with van der Waals surface area (Å²) >= 11 is 1.72.